The number of aromatic nitrogens is 1. The van der Waals surface area contributed by atoms with Gasteiger partial charge in [-0.05, 0) is 32.4 Å². The van der Waals surface area contributed by atoms with Crippen LogP contribution in [0.1, 0.15) is 19.4 Å². The summed E-state index contributed by atoms with van der Waals surface area (Å²) in [4.78, 5) is 4.74. The van der Waals surface area contributed by atoms with Gasteiger partial charge in [-0.25, -0.2) is 4.98 Å². The van der Waals surface area contributed by atoms with E-state index in [1.165, 1.54) is 5.57 Å². The monoisotopic (exact) mass is 329 g/mol. The number of benzene rings is 3. The molecule has 0 aliphatic heterocycles. The second-order valence-corrected chi connectivity index (χ2v) is 6.42. The fraction of sp³-hybridized carbons (Fsp3) is 0.136. The molecule has 0 saturated carbocycles. The minimum Gasteiger partial charge on any atom is -0.507 e. The molecule has 0 amide bonds. The van der Waals surface area contributed by atoms with Crippen molar-refractivity contribution < 1.29 is 9.52 Å². The smallest absolute Gasteiger partial charge is 0.227 e. The lowest BCUT2D eigenvalue weighted by Gasteiger charge is -2.07. The Morgan fingerprint density at radius 1 is 1.00 bits per heavy atom. The van der Waals surface area contributed by atoms with Gasteiger partial charge in [0.1, 0.15) is 11.3 Å². The number of phenolic OH excluding ortho intramolecular Hbond substituents is 1. The average molecular weight is 329 g/mol. The lowest BCUT2D eigenvalue weighted by Crippen LogP contribution is -1.88. The molecule has 3 aromatic carbocycles. The van der Waals surface area contributed by atoms with Crippen molar-refractivity contribution >= 4 is 21.9 Å². The van der Waals surface area contributed by atoms with Gasteiger partial charge in [-0.3, -0.25) is 0 Å². The first-order valence-electron chi connectivity index (χ1n) is 8.37. The van der Waals surface area contributed by atoms with Crippen molar-refractivity contribution in [1.29, 1.82) is 0 Å². The van der Waals surface area contributed by atoms with Crippen molar-refractivity contribution in [1.82, 2.24) is 4.98 Å². The number of allylic oxidation sites excluding steroid dienone is 2. The second-order valence-electron chi connectivity index (χ2n) is 6.42. The fourth-order valence-electron chi connectivity index (χ4n) is 3.07. The van der Waals surface area contributed by atoms with E-state index in [9.17, 15) is 5.11 Å². The molecule has 0 atom stereocenters. The first-order valence-corrected chi connectivity index (χ1v) is 8.37. The Morgan fingerprint density at radius 3 is 2.40 bits per heavy atom. The van der Waals surface area contributed by atoms with Crippen LogP contribution < -0.4 is 0 Å². The van der Waals surface area contributed by atoms with Crippen molar-refractivity contribution in [2.75, 3.05) is 0 Å². The van der Waals surface area contributed by atoms with E-state index in [4.69, 9.17) is 9.40 Å². The summed E-state index contributed by atoms with van der Waals surface area (Å²) < 4.78 is 6.11. The molecule has 0 saturated heterocycles. The molecule has 0 unspecified atom stereocenters. The van der Waals surface area contributed by atoms with Crippen LogP contribution in [-0.4, -0.2) is 10.1 Å². The SMILES string of the molecule is CC(C)=CCc1c(O)c2ccccc2c2nc(-c3ccccc3)oc12. The van der Waals surface area contributed by atoms with Gasteiger partial charge in [0.2, 0.25) is 5.89 Å². The van der Waals surface area contributed by atoms with E-state index in [0.29, 0.717) is 17.9 Å². The zero-order valence-corrected chi connectivity index (χ0v) is 14.3. The molecule has 0 fully saturated rings. The van der Waals surface area contributed by atoms with Crippen LogP contribution in [-0.2, 0) is 6.42 Å². The van der Waals surface area contributed by atoms with Gasteiger partial charge in [-0.15, -0.1) is 0 Å². The van der Waals surface area contributed by atoms with Gasteiger partial charge in [0.05, 0.1) is 0 Å². The summed E-state index contributed by atoms with van der Waals surface area (Å²) in [5, 5.41) is 12.5. The van der Waals surface area contributed by atoms with Gasteiger partial charge in [0.15, 0.2) is 5.58 Å². The van der Waals surface area contributed by atoms with Crippen LogP contribution >= 0.6 is 0 Å². The zero-order chi connectivity index (χ0) is 17.4. The molecule has 0 bridgehead atoms. The predicted molar refractivity (Wildman–Crippen MR) is 102 cm³/mol. The molecule has 3 heteroatoms. The highest BCUT2D eigenvalue weighted by Crippen LogP contribution is 2.39. The molecule has 3 nitrogen and oxygen atoms in total. The van der Waals surface area contributed by atoms with Crippen molar-refractivity contribution in [2.45, 2.75) is 20.3 Å². The summed E-state index contributed by atoms with van der Waals surface area (Å²) in [5.74, 6) is 0.848. The second kappa shape index (κ2) is 6.10. The molecule has 1 aromatic heterocycles. The lowest BCUT2D eigenvalue weighted by molar-refractivity contribution is 0.475. The quantitative estimate of drug-likeness (QED) is 0.479. The maximum atomic E-state index is 10.8. The first kappa shape index (κ1) is 15.5. The molecule has 4 rings (SSSR count). The number of phenols is 1. The van der Waals surface area contributed by atoms with Crippen LogP contribution in [0.25, 0.3) is 33.3 Å². The summed E-state index contributed by atoms with van der Waals surface area (Å²) in [6.45, 7) is 4.09. The first-order chi connectivity index (χ1) is 12.1. The highest BCUT2D eigenvalue weighted by Gasteiger charge is 2.19. The van der Waals surface area contributed by atoms with Crippen molar-refractivity contribution in [3.63, 3.8) is 0 Å². The van der Waals surface area contributed by atoms with Crippen LogP contribution in [0.3, 0.4) is 0 Å². The number of hydrogen-bond donors (Lipinski definition) is 1. The molecule has 1 N–H and O–H groups in total. The van der Waals surface area contributed by atoms with Gasteiger partial charge in [0.25, 0.3) is 0 Å². The summed E-state index contributed by atoms with van der Waals surface area (Å²) in [5.41, 5.74) is 4.36. The third-order valence-electron chi connectivity index (χ3n) is 4.36. The number of nitrogens with zero attached hydrogens (tertiary/aromatic N) is 1. The molecule has 0 aliphatic rings. The molecule has 1 heterocycles. The maximum Gasteiger partial charge on any atom is 0.227 e. The predicted octanol–water partition coefficient (Wildman–Crippen LogP) is 5.86. The fourth-order valence-corrected chi connectivity index (χ4v) is 3.07. The Bertz CT molecular complexity index is 1090. The summed E-state index contributed by atoms with van der Waals surface area (Å²) in [6, 6.07) is 17.6. The lowest BCUT2D eigenvalue weighted by atomic mass is 10.0. The van der Waals surface area contributed by atoms with Crippen molar-refractivity contribution in [2.24, 2.45) is 0 Å². The van der Waals surface area contributed by atoms with Crippen LogP contribution in [0.2, 0.25) is 0 Å². The summed E-state index contributed by atoms with van der Waals surface area (Å²) in [7, 11) is 0. The Hall–Kier alpha value is -3.07. The van der Waals surface area contributed by atoms with Gasteiger partial charge in [0, 0.05) is 21.9 Å². The minimum atomic E-state index is 0.274. The summed E-state index contributed by atoms with van der Waals surface area (Å²) in [6.07, 6.45) is 2.70. The standard InChI is InChI=1S/C22H19NO2/c1-14(2)12-13-18-20(24)17-11-7-6-10-16(17)19-21(18)25-22(23-19)15-8-4-3-5-9-15/h3-12,24H,13H2,1-2H3. The zero-order valence-electron chi connectivity index (χ0n) is 14.3. The number of fused-ring (bicyclic) bond motifs is 3. The van der Waals surface area contributed by atoms with Gasteiger partial charge < -0.3 is 9.52 Å². The van der Waals surface area contributed by atoms with E-state index >= 15 is 0 Å². The molecule has 4 aromatic rings. The molecular weight excluding hydrogens is 310 g/mol. The topological polar surface area (TPSA) is 46.3 Å². The van der Waals surface area contributed by atoms with E-state index in [0.717, 1.165) is 27.4 Å². The highest BCUT2D eigenvalue weighted by molar-refractivity contribution is 6.09. The molecule has 0 radical (unpaired) electrons. The Labute approximate surface area is 146 Å². The average Bonchev–Trinajstić information content (AvgIpc) is 3.07. The van der Waals surface area contributed by atoms with E-state index in [1.54, 1.807) is 0 Å². The van der Waals surface area contributed by atoms with E-state index in [1.807, 2.05) is 68.4 Å². The van der Waals surface area contributed by atoms with Crippen LogP contribution in [0.5, 0.6) is 5.75 Å². The largest absolute Gasteiger partial charge is 0.507 e. The number of aromatic hydroxyl groups is 1. The van der Waals surface area contributed by atoms with Gasteiger partial charge >= 0.3 is 0 Å². The molecule has 0 aliphatic carbocycles. The van der Waals surface area contributed by atoms with E-state index in [-0.39, 0.29) is 5.75 Å². The van der Waals surface area contributed by atoms with Gasteiger partial charge in [-0.2, -0.15) is 0 Å². The summed E-state index contributed by atoms with van der Waals surface area (Å²) >= 11 is 0. The number of rotatable bonds is 3. The van der Waals surface area contributed by atoms with Crippen LogP contribution in [0.4, 0.5) is 0 Å². The molecular formula is C22H19NO2. The van der Waals surface area contributed by atoms with Crippen molar-refractivity contribution in [3.05, 3.63) is 71.8 Å². The Morgan fingerprint density at radius 2 is 1.68 bits per heavy atom. The Kier molecular flexibility index (Phi) is 3.77. The third-order valence-corrected chi connectivity index (χ3v) is 4.36. The van der Waals surface area contributed by atoms with Gasteiger partial charge in [-0.1, -0.05) is 54.1 Å². The number of oxazole rings is 1. The molecule has 124 valence electrons. The molecule has 0 spiro atoms. The Balaban J connectivity index is 2.05. The van der Waals surface area contributed by atoms with E-state index < -0.39 is 0 Å². The van der Waals surface area contributed by atoms with Crippen LogP contribution in [0.15, 0.2) is 70.7 Å². The minimum absolute atomic E-state index is 0.274. The maximum absolute atomic E-state index is 10.8. The molecule has 25 heavy (non-hydrogen) atoms. The normalized spacial score (nSPS) is 11.1. The highest BCUT2D eigenvalue weighted by atomic mass is 16.3. The van der Waals surface area contributed by atoms with Crippen molar-refractivity contribution in [3.8, 4) is 17.2 Å². The third kappa shape index (κ3) is 2.68. The number of hydrogen-bond acceptors (Lipinski definition) is 3. The van der Waals surface area contributed by atoms with E-state index in [2.05, 4.69) is 6.08 Å². The van der Waals surface area contributed by atoms with Crippen LogP contribution in [0, 0.1) is 0 Å².